The number of carbonyl (C=O) groups excluding carboxylic acids is 2. The van der Waals surface area contributed by atoms with Crippen LogP contribution < -0.4 is 0 Å². The van der Waals surface area contributed by atoms with Crippen LogP contribution in [0.2, 0.25) is 15.1 Å². The summed E-state index contributed by atoms with van der Waals surface area (Å²) in [5, 5.41) is 12.6. The minimum atomic E-state index is -0.497. The highest BCUT2D eigenvalue weighted by Gasteiger charge is 2.35. The smallest absolute Gasteiger partial charge is 0.268 e. The average molecular weight is 552 g/mol. The zero-order valence-electron chi connectivity index (χ0n) is 17.0. The van der Waals surface area contributed by atoms with Gasteiger partial charge in [0.1, 0.15) is 0 Å². The topological polar surface area (TPSA) is 80.5 Å². The van der Waals surface area contributed by atoms with Crippen molar-refractivity contribution in [1.29, 1.82) is 0 Å². The SMILES string of the molecule is O=C1S/C(=C\c2ccc(Sc3ccc(Cl)cc3)c([N+](=O)[O-])c2)C(=O)N1Cc1ccc(Cl)cc1Cl. The van der Waals surface area contributed by atoms with Gasteiger partial charge in [0.15, 0.2) is 0 Å². The zero-order valence-corrected chi connectivity index (χ0v) is 20.9. The number of hydrogen-bond donors (Lipinski definition) is 0. The van der Waals surface area contributed by atoms with Crippen LogP contribution in [0, 0.1) is 10.1 Å². The van der Waals surface area contributed by atoms with Gasteiger partial charge in [-0.1, -0.05) is 58.7 Å². The first-order chi connectivity index (χ1) is 16.2. The number of amides is 2. The van der Waals surface area contributed by atoms with Crippen molar-refractivity contribution < 1.29 is 14.5 Å². The minimum Gasteiger partial charge on any atom is -0.268 e. The maximum atomic E-state index is 12.9. The Morgan fingerprint density at radius 3 is 2.35 bits per heavy atom. The van der Waals surface area contributed by atoms with E-state index < -0.39 is 16.1 Å². The summed E-state index contributed by atoms with van der Waals surface area (Å²) in [6.07, 6.45) is 1.47. The molecule has 0 unspecified atom stereocenters. The monoisotopic (exact) mass is 550 g/mol. The number of halogens is 3. The Hall–Kier alpha value is -2.49. The van der Waals surface area contributed by atoms with Crippen LogP contribution in [-0.2, 0) is 11.3 Å². The van der Waals surface area contributed by atoms with E-state index >= 15 is 0 Å². The lowest BCUT2D eigenvalue weighted by atomic mass is 10.1. The molecule has 1 fully saturated rings. The molecule has 0 spiro atoms. The molecule has 172 valence electrons. The molecule has 3 aromatic carbocycles. The van der Waals surface area contributed by atoms with Gasteiger partial charge in [-0.05, 0) is 71.4 Å². The molecular formula is C23H13Cl3N2O4S2. The molecule has 0 bridgehead atoms. The molecule has 0 atom stereocenters. The molecule has 1 aliphatic rings. The van der Waals surface area contributed by atoms with Crippen LogP contribution in [0.5, 0.6) is 0 Å². The number of hydrogen-bond acceptors (Lipinski definition) is 6. The molecule has 0 aliphatic carbocycles. The second-order valence-corrected chi connectivity index (χ2v) is 10.4. The standard InChI is InChI=1S/C23H13Cl3N2O4S2/c24-15-4-6-17(7-5-15)33-20-8-1-13(9-19(20)28(31)32)10-21-22(29)27(23(30)34-21)12-14-2-3-16(25)11-18(14)26/h1-11H,12H2/b21-10-. The van der Waals surface area contributed by atoms with Crippen LogP contribution in [0.25, 0.3) is 6.08 Å². The van der Waals surface area contributed by atoms with Crippen LogP contribution in [0.1, 0.15) is 11.1 Å². The first-order valence-corrected chi connectivity index (χ1v) is 12.4. The predicted molar refractivity (Wildman–Crippen MR) is 137 cm³/mol. The molecule has 1 heterocycles. The Kier molecular flexibility index (Phi) is 7.54. The van der Waals surface area contributed by atoms with Crippen molar-refractivity contribution in [3.05, 3.63) is 102 Å². The Morgan fingerprint density at radius 1 is 0.971 bits per heavy atom. The van der Waals surface area contributed by atoms with Crippen molar-refractivity contribution in [1.82, 2.24) is 4.90 Å². The van der Waals surface area contributed by atoms with Gasteiger partial charge in [0.05, 0.1) is 21.3 Å². The summed E-state index contributed by atoms with van der Waals surface area (Å²) >= 11 is 20.0. The van der Waals surface area contributed by atoms with E-state index in [1.54, 1.807) is 48.5 Å². The Labute approximate surface area is 218 Å². The van der Waals surface area contributed by atoms with Crippen molar-refractivity contribution in [3.63, 3.8) is 0 Å². The maximum Gasteiger partial charge on any atom is 0.293 e. The van der Waals surface area contributed by atoms with E-state index in [1.807, 2.05) is 0 Å². The zero-order chi connectivity index (χ0) is 24.4. The van der Waals surface area contributed by atoms with E-state index in [2.05, 4.69) is 0 Å². The minimum absolute atomic E-state index is 0.00513. The van der Waals surface area contributed by atoms with Crippen LogP contribution in [0.3, 0.4) is 0 Å². The van der Waals surface area contributed by atoms with Gasteiger partial charge in [0.25, 0.3) is 16.8 Å². The summed E-state index contributed by atoms with van der Waals surface area (Å²) in [6.45, 7) is -0.00513. The second-order valence-electron chi connectivity index (χ2n) is 7.04. The Bertz CT molecular complexity index is 1350. The summed E-state index contributed by atoms with van der Waals surface area (Å²) in [5.74, 6) is -0.497. The molecule has 0 aromatic heterocycles. The molecule has 34 heavy (non-hydrogen) atoms. The fraction of sp³-hybridized carbons (Fsp3) is 0.0435. The van der Waals surface area contributed by atoms with E-state index in [4.69, 9.17) is 34.8 Å². The van der Waals surface area contributed by atoms with Crippen molar-refractivity contribution in [2.45, 2.75) is 16.3 Å². The van der Waals surface area contributed by atoms with E-state index in [9.17, 15) is 19.7 Å². The molecular weight excluding hydrogens is 539 g/mol. The predicted octanol–water partition coefficient (Wildman–Crippen LogP) is 7.94. The third-order valence-corrected chi connectivity index (χ3v) is 7.56. The fourth-order valence-corrected chi connectivity index (χ4v) is 5.42. The molecule has 1 aliphatic heterocycles. The highest BCUT2D eigenvalue weighted by molar-refractivity contribution is 8.18. The molecule has 0 radical (unpaired) electrons. The third kappa shape index (κ3) is 5.59. The summed E-state index contributed by atoms with van der Waals surface area (Å²) in [5.41, 5.74) is 0.900. The molecule has 11 heteroatoms. The summed E-state index contributed by atoms with van der Waals surface area (Å²) < 4.78 is 0. The first kappa shape index (κ1) is 24.6. The van der Waals surface area contributed by atoms with Crippen LogP contribution in [0.4, 0.5) is 10.5 Å². The van der Waals surface area contributed by atoms with Crippen LogP contribution in [0.15, 0.2) is 75.4 Å². The Balaban J connectivity index is 1.57. The molecule has 6 nitrogen and oxygen atoms in total. The number of rotatable bonds is 6. The van der Waals surface area contributed by atoms with Gasteiger partial charge in [-0.25, -0.2) is 0 Å². The molecule has 4 rings (SSSR count). The van der Waals surface area contributed by atoms with Gasteiger partial charge in [-0.3, -0.25) is 24.6 Å². The number of imide groups is 1. The largest absolute Gasteiger partial charge is 0.293 e. The van der Waals surface area contributed by atoms with Crippen molar-refractivity contribution in [3.8, 4) is 0 Å². The average Bonchev–Trinajstić information content (AvgIpc) is 3.05. The number of nitro benzene ring substituents is 1. The van der Waals surface area contributed by atoms with Crippen molar-refractivity contribution in [2.75, 3.05) is 0 Å². The van der Waals surface area contributed by atoms with Gasteiger partial charge in [-0.15, -0.1) is 0 Å². The quantitative estimate of drug-likeness (QED) is 0.176. The van der Waals surface area contributed by atoms with Crippen molar-refractivity contribution in [2.24, 2.45) is 0 Å². The first-order valence-electron chi connectivity index (χ1n) is 9.62. The van der Waals surface area contributed by atoms with Gasteiger partial charge in [-0.2, -0.15) is 0 Å². The maximum absolute atomic E-state index is 12.9. The number of nitro groups is 1. The summed E-state index contributed by atoms with van der Waals surface area (Å²) in [4.78, 5) is 39.0. The third-order valence-electron chi connectivity index (χ3n) is 4.74. The van der Waals surface area contributed by atoms with Gasteiger partial charge in [0, 0.05) is 26.0 Å². The normalized spacial score (nSPS) is 14.8. The fourth-order valence-electron chi connectivity index (χ4n) is 3.09. The number of nitrogens with zero attached hydrogens (tertiary/aromatic N) is 2. The van der Waals surface area contributed by atoms with Gasteiger partial charge >= 0.3 is 0 Å². The molecule has 0 N–H and O–H groups in total. The van der Waals surface area contributed by atoms with Crippen LogP contribution >= 0.6 is 58.3 Å². The molecule has 2 amide bonds. The van der Waals surface area contributed by atoms with Crippen LogP contribution in [-0.4, -0.2) is 21.0 Å². The molecule has 0 saturated carbocycles. The van der Waals surface area contributed by atoms with Gasteiger partial charge < -0.3 is 0 Å². The lowest BCUT2D eigenvalue weighted by Gasteiger charge is -2.13. The number of carbonyl (C=O) groups is 2. The second kappa shape index (κ2) is 10.4. The highest BCUT2D eigenvalue weighted by Crippen LogP contribution is 2.38. The molecule has 3 aromatic rings. The van der Waals surface area contributed by atoms with E-state index in [0.29, 0.717) is 31.1 Å². The van der Waals surface area contributed by atoms with E-state index in [-0.39, 0.29) is 17.1 Å². The number of thioether (sulfide) groups is 1. The Morgan fingerprint density at radius 2 is 1.68 bits per heavy atom. The van der Waals surface area contributed by atoms with E-state index in [0.717, 1.165) is 21.6 Å². The summed E-state index contributed by atoms with van der Waals surface area (Å²) in [7, 11) is 0. The van der Waals surface area contributed by atoms with E-state index in [1.165, 1.54) is 30.0 Å². The summed E-state index contributed by atoms with van der Waals surface area (Å²) in [6, 6.07) is 16.4. The molecule has 1 saturated heterocycles. The van der Waals surface area contributed by atoms with Crippen molar-refractivity contribution >= 4 is 81.2 Å². The lowest BCUT2D eigenvalue weighted by Crippen LogP contribution is -2.27. The number of benzene rings is 3. The highest BCUT2D eigenvalue weighted by atomic mass is 35.5. The van der Waals surface area contributed by atoms with Gasteiger partial charge in [0.2, 0.25) is 0 Å². The lowest BCUT2D eigenvalue weighted by molar-refractivity contribution is -0.387.